The smallest absolute Gasteiger partial charge is 0.207 e. The molecule has 0 bridgehead atoms. The number of oxazole rings is 1. The Morgan fingerprint density at radius 3 is 2.52 bits per heavy atom. The van der Waals surface area contributed by atoms with Crippen LogP contribution in [0, 0.1) is 0 Å². The van der Waals surface area contributed by atoms with Crippen molar-refractivity contribution in [2.45, 2.75) is 57.5 Å². The van der Waals surface area contributed by atoms with Gasteiger partial charge >= 0.3 is 0 Å². The first-order valence-corrected chi connectivity index (χ1v) is 8.50. The van der Waals surface area contributed by atoms with Crippen LogP contribution in [0.1, 0.15) is 63.6 Å². The van der Waals surface area contributed by atoms with Gasteiger partial charge in [0.1, 0.15) is 17.3 Å². The first-order valence-electron chi connectivity index (χ1n) is 7.01. The van der Waals surface area contributed by atoms with Crippen LogP contribution >= 0.6 is 0 Å². The normalized spacial score (nSPS) is 13.8. The summed E-state index contributed by atoms with van der Waals surface area (Å²) in [7, 11) is -1.13. The molecule has 2 aromatic heterocycles. The van der Waals surface area contributed by atoms with E-state index in [-0.39, 0.29) is 17.1 Å². The molecule has 2 aromatic rings. The van der Waals surface area contributed by atoms with Gasteiger partial charge in [-0.1, -0.05) is 39.8 Å². The predicted molar refractivity (Wildman–Crippen MR) is 81.3 cm³/mol. The lowest BCUT2D eigenvalue weighted by Gasteiger charge is -2.12. The number of hydrogen-bond acceptors (Lipinski definition) is 5. The molecule has 2 heterocycles. The molecule has 116 valence electrons. The highest BCUT2D eigenvalue weighted by Crippen LogP contribution is 2.22. The minimum Gasteiger partial charge on any atom is -0.444 e. The van der Waals surface area contributed by atoms with Crippen LogP contribution in [0.3, 0.4) is 0 Å². The van der Waals surface area contributed by atoms with E-state index in [9.17, 15) is 4.21 Å². The van der Waals surface area contributed by atoms with Gasteiger partial charge in [-0.15, -0.1) is 0 Å². The van der Waals surface area contributed by atoms with Crippen molar-refractivity contribution in [3.8, 4) is 0 Å². The van der Waals surface area contributed by atoms with Crippen molar-refractivity contribution < 1.29 is 13.1 Å². The highest BCUT2D eigenvalue weighted by molar-refractivity contribution is 7.83. The summed E-state index contributed by atoms with van der Waals surface area (Å²) in [6, 6.07) is 1.87. The molecule has 0 saturated heterocycles. The molecular formula is C15H22N2O3S. The summed E-state index contributed by atoms with van der Waals surface area (Å²) < 4.78 is 23.0. The zero-order valence-electron chi connectivity index (χ0n) is 13.2. The average molecular weight is 310 g/mol. The van der Waals surface area contributed by atoms with Crippen molar-refractivity contribution in [1.82, 2.24) is 10.1 Å². The Labute approximate surface area is 127 Å². The minimum absolute atomic E-state index is 0.0715. The lowest BCUT2D eigenvalue weighted by atomic mass is 9.92. The molecule has 0 fully saturated rings. The van der Waals surface area contributed by atoms with E-state index in [1.165, 1.54) is 0 Å². The van der Waals surface area contributed by atoms with E-state index < -0.39 is 10.8 Å². The molecule has 0 aliphatic rings. The number of rotatable bonds is 5. The quantitative estimate of drug-likeness (QED) is 0.845. The van der Waals surface area contributed by atoms with Crippen LogP contribution in [-0.4, -0.2) is 14.3 Å². The predicted octanol–water partition coefficient (Wildman–Crippen LogP) is 3.53. The fourth-order valence-electron chi connectivity index (χ4n) is 1.74. The van der Waals surface area contributed by atoms with Gasteiger partial charge in [0.05, 0.1) is 17.6 Å². The monoisotopic (exact) mass is 310 g/mol. The molecule has 0 aliphatic heterocycles. The molecule has 0 saturated carbocycles. The van der Waals surface area contributed by atoms with Gasteiger partial charge in [0.25, 0.3) is 0 Å². The van der Waals surface area contributed by atoms with Crippen LogP contribution in [0.15, 0.2) is 21.2 Å². The first-order chi connectivity index (χ1) is 9.75. The fourth-order valence-corrected chi connectivity index (χ4v) is 2.70. The Balaban J connectivity index is 1.96. The fraction of sp³-hybridized carbons (Fsp3) is 0.600. The molecule has 1 unspecified atom stereocenters. The zero-order chi connectivity index (χ0) is 15.6. The maximum absolute atomic E-state index is 12.1. The molecule has 2 rings (SSSR count). The van der Waals surface area contributed by atoms with Crippen molar-refractivity contribution in [2.75, 3.05) is 0 Å². The van der Waals surface area contributed by atoms with Crippen LogP contribution in [-0.2, 0) is 27.7 Å². The molecule has 0 aliphatic carbocycles. The van der Waals surface area contributed by atoms with Gasteiger partial charge in [0.15, 0.2) is 0 Å². The van der Waals surface area contributed by atoms with E-state index in [1.54, 1.807) is 6.20 Å². The van der Waals surface area contributed by atoms with E-state index in [1.807, 2.05) is 19.9 Å². The Morgan fingerprint density at radius 1 is 1.29 bits per heavy atom. The second-order valence-corrected chi connectivity index (χ2v) is 7.93. The van der Waals surface area contributed by atoms with Gasteiger partial charge in [-0.3, -0.25) is 4.21 Å². The molecule has 0 spiro atoms. The van der Waals surface area contributed by atoms with E-state index in [4.69, 9.17) is 8.94 Å². The van der Waals surface area contributed by atoms with Gasteiger partial charge in [-0.05, 0) is 0 Å². The van der Waals surface area contributed by atoms with Crippen LogP contribution < -0.4 is 0 Å². The Bertz CT molecular complexity index is 623. The van der Waals surface area contributed by atoms with E-state index in [0.29, 0.717) is 17.4 Å². The number of hydrogen-bond donors (Lipinski definition) is 0. The summed E-state index contributed by atoms with van der Waals surface area (Å²) in [5.74, 6) is 2.85. The van der Waals surface area contributed by atoms with Crippen LogP contribution in [0.5, 0.6) is 0 Å². The molecule has 0 aromatic carbocycles. The minimum atomic E-state index is -1.13. The van der Waals surface area contributed by atoms with E-state index in [0.717, 1.165) is 11.5 Å². The van der Waals surface area contributed by atoms with Gasteiger partial charge < -0.3 is 8.94 Å². The third-order valence-corrected chi connectivity index (χ3v) is 4.23. The highest BCUT2D eigenvalue weighted by atomic mass is 32.2. The molecule has 0 N–H and O–H groups in total. The molecule has 1 atom stereocenters. The standard InChI is InChI=1S/C15H22N2O3S/c1-10(2)12-7-16-14(19-12)9-21(18)8-11-6-13(17-20-11)15(3,4)5/h6-7,10H,8-9H2,1-5H3. The second-order valence-electron chi connectivity index (χ2n) is 6.47. The Hall–Kier alpha value is -1.43. The van der Waals surface area contributed by atoms with Crippen LogP contribution in [0.4, 0.5) is 0 Å². The molecule has 5 nitrogen and oxygen atoms in total. The van der Waals surface area contributed by atoms with Crippen molar-refractivity contribution in [2.24, 2.45) is 0 Å². The van der Waals surface area contributed by atoms with Crippen molar-refractivity contribution in [3.63, 3.8) is 0 Å². The lowest BCUT2D eigenvalue weighted by molar-refractivity contribution is 0.373. The lowest BCUT2D eigenvalue weighted by Crippen LogP contribution is -2.11. The van der Waals surface area contributed by atoms with Gasteiger partial charge in [-0.25, -0.2) is 4.98 Å². The summed E-state index contributed by atoms with van der Waals surface area (Å²) in [4.78, 5) is 4.16. The Morgan fingerprint density at radius 2 is 2.00 bits per heavy atom. The molecule has 0 amide bonds. The van der Waals surface area contributed by atoms with Gasteiger partial charge in [0.2, 0.25) is 5.89 Å². The van der Waals surface area contributed by atoms with Gasteiger partial charge in [0, 0.05) is 28.2 Å². The number of aromatic nitrogens is 2. The third kappa shape index (κ3) is 4.27. The molecule has 0 radical (unpaired) electrons. The van der Waals surface area contributed by atoms with Crippen LogP contribution in [0.25, 0.3) is 0 Å². The molecule has 21 heavy (non-hydrogen) atoms. The van der Waals surface area contributed by atoms with E-state index in [2.05, 4.69) is 30.9 Å². The summed E-state index contributed by atoms with van der Waals surface area (Å²) >= 11 is 0. The van der Waals surface area contributed by atoms with Crippen molar-refractivity contribution in [3.05, 3.63) is 35.4 Å². The topological polar surface area (TPSA) is 69.1 Å². The molecule has 6 heteroatoms. The summed E-state index contributed by atoms with van der Waals surface area (Å²) in [5, 5.41) is 4.03. The summed E-state index contributed by atoms with van der Waals surface area (Å²) in [6.45, 7) is 10.2. The Kier molecular flexibility index (Phi) is 4.66. The molecular weight excluding hydrogens is 288 g/mol. The summed E-state index contributed by atoms with van der Waals surface area (Å²) in [6.07, 6.45) is 1.70. The SMILES string of the molecule is CC(C)c1cnc(CS(=O)Cc2cc(C(C)(C)C)no2)o1. The number of nitrogens with zero attached hydrogens (tertiary/aromatic N) is 2. The van der Waals surface area contributed by atoms with E-state index >= 15 is 0 Å². The second kappa shape index (κ2) is 6.13. The third-order valence-electron chi connectivity index (χ3n) is 3.06. The highest BCUT2D eigenvalue weighted by Gasteiger charge is 2.20. The summed E-state index contributed by atoms with van der Waals surface area (Å²) in [5.41, 5.74) is 0.797. The first kappa shape index (κ1) is 15.9. The largest absolute Gasteiger partial charge is 0.444 e. The average Bonchev–Trinajstić information content (AvgIpc) is 2.97. The maximum Gasteiger partial charge on any atom is 0.207 e. The van der Waals surface area contributed by atoms with Crippen LogP contribution in [0.2, 0.25) is 0 Å². The van der Waals surface area contributed by atoms with Crippen molar-refractivity contribution in [1.29, 1.82) is 0 Å². The van der Waals surface area contributed by atoms with Crippen molar-refractivity contribution >= 4 is 10.8 Å². The zero-order valence-corrected chi connectivity index (χ0v) is 14.0. The van der Waals surface area contributed by atoms with Gasteiger partial charge in [-0.2, -0.15) is 0 Å². The maximum atomic E-state index is 12.1.